The number of hydrogen-bond acceptors (Lipinski definition) is 2. The lowest BCUT2D eigenvalue weighted by Gasteiger charge is -2.23. The van der Waals surface area contributed by atoms with Gasteiger partial charge in [0.2, 0.25) is 0 Å². The van der Waals surface area contributed by atoms with Crippen LogP contribution in [0.25, 0.3) is 0 Å². The van der Waals surface area contributed by atoms with Gasteiger partial charge in [-0.25, -0.2) is 0 Å². The molecule has 3 heteroatoms. The molecular formula is C12H28BNO. The Hall–Kier alpha value is -0.0151. The smallest absolute Gasteiger partial charge is 0.0606 e. The Morgan fingerprint density at radius 1 is 1.20 bits per heavy atom. The molecule has 0 saturated heterocycles. The Bertz CT molecular complexity index is 106. The first-order chi connectivity index (χ1) is 7.34. The zero-order chi connectivity index (χ0) is 12.1. The van der Waals surface area contributed by atoms with E-state index in [0.717, 1.165) is 19.2 Å². The van der Waals surface area contributed by atoms with Gasteiger partial charge in [0.05, 0.1) is 14.5 Å². The van der Waals surface area contributed by atoms with Crippen LogP contribution in [0.2, 0.25) is 6.82 Å². The molecule has 0 bridgehead atoms. The van der Waals surface area contributed by atoms with Gasteiger partial charge in [-0.3, -0.25) is 0 Å². The van der Waals surface area contributed by atoms with Crippen molar-refractivity contribution in [3.05, 3.63) is 0 Å². The van der Waals surface area contributed by atoms with Gasteiger partial charge < -0.3 is 9.64 Å². The van der Waals surface area contributed by atoms with Crippen molar-refractivity contribution in [1.82, 2.24) is 4.90 Å². The standard InChI is InChI=1S/C9H19NO.C2H6.CH3B/c1-10(7-8-11-2)9-5-3-4-6-9;2*1-2/h9H,3-8H2,1-2H3;1-2H3;1H3. The quantitative estimate of drug-likeness (QED) is 0.666. The summed E-state index contributed by atoms with van der Waals surface area (Å²) in [5.74, 6) is 0. The molecule has 1 saturated carbocycles. The van der Waals surface area contributed by atoms with Crippen LogP contribution in [-0.4, -0.2) is 46.1 Å². The van der Waals surface area contributed by atoms with E-state index in [9.17, 15) is 0 Å². The van der Waals surface area contributed by atoms with E-state index in [2.05, 4.69) is 19.8 Å². The first-order valence-electron chi connectivity index (χ1n) is 6.11. The second-order valence-corrected chi connectivity index (χ2v) is 3.41. The van der Waals surface area contributed by atoms with Gasteiger partial charge in [-0.2, -0.15) is 0 Å². The van der Waals surface area contributed by atoms with E-state index in [1.807, 2.05) is 13.8 Å². The molecule has 0 aromatic carbocycles. The third kappa shape index (κ3) is 8.95. The Morgan fingerprint density at radius 2 is 1.67 bits per heavy atom. The van der Waals surface area contributed by atoms with Crippen molar-refractivity contribution < 1.29 is 4.74 Å². The lowest BCUT2D eigenvalue weighted by molar-refractivity contribution is 0.140. The van der Waals surface area contributed by atoms with Crippen molar-refractivity contribution in [2.75, 3.05) is 27.3 Å². The van der Waals surface area contributed by atoms with Crippen LogP contribution in [0.15, 0.2) is 0 Å². The van der Waals surface area contributed by atoms with Gasteiger partial charge >= 0.3 is 0 Å². The molecule has 0 atom stereocenters. The van der Waals surface area contributed by atoms with Gasteiger partial charge in [0, 0.05) is 19.7 Å². The fraction of sp³-hybridized carbons (Fsp3) is 1.00. The van der Waals surface area contributed by atoms with Gasteiger partial charge in [-0.1, -0.05) is 33.5 Å². The Morgan fingerprint density at radius 3 is 2.07 bits per heavy atom. The summed E-state index contributed by atoms with van der Waals surface area (Å²) in [5, 5.41) is 0. The van der Waals surface area contributed by atoms with E-state index in [1.54, 1.807) is 7.11 Å². The minimum Gasteiger partial charge on any atom is -0.383 e. The average molecular weight is 213 g/mol. The van der Waals surface area contributed by atoms with Gasteiger partial charge in [-0.05, 0) is 19.9 Å². The van der Waals surface area contributed by atoms with Gasteiger partial charge in [0.1, 0.15) is 0 Å². The predicted octanol–water partition coefficient (Wildman–Crippen LogP) is 2.74. The number of ether oxygens (including phenoxy) is 1. The maximum atomic E-state index is 5.03. The van der Waals surface area contributed by atoms with Crippen molar-refractivity contribution in [1.29, 1.82) is 0 Å². The summed E-state index contributed by atoms with van der Waals surface area (Å²) in [7, 11) is 8.47. The molecule has 1 fully saturated rings. The second-order valence-electron chi connectivity index (χ2n) is 3.41. The topological polar surface area (TPSA) is 12.5 Å². The summed E-state index contributed by atoms with van der Waals surface area (Å²) in [6.07, 6.45) is 5.62. The highest BCUT2D eigenvalue weighted by atomic mass is 16.5. The summed E-state index contributed by atoms with van der Waals surface area (Å²) >= 11 is 0. The SMILES string of the molecule is CC.COCCN(C)C1CCCC1.[B]C. The molecule has 1 rings (SSSR count). The van der Waals surface area contributed by atoms with Crippen LogP contribution in [0.1, 0.15) is 39.5 Å². The number of hydrogen-bond donors (Lipinski definition) is 0. The summed E-state index contributed by atoms with van der Waals surface area (Å²) in [6, 6.07) is 0.838. The van der Waals surface area contributed by atoms with E-state index < -0.39 is 0 Å². The van der Waals surface area contributed by atoms with Crippen molar-refractivity contribution in [3.8, 4) is 0 Å². The highest BCUT2D eigenvalue weighted by molar-refractivity contribution is 6.05. The predicted molar refractivity (Wildman–Crippen MR) is 69.7 cm³/mol. The molecule has 1 aliphatic rings. The fourth-order valence-electron chi connectivity index (χ4n) is 1.76. The molecule has 15 heavy (non-hydrogen) atoms. The van der Waals surface area contributed by atoms with E-state index in [0.29, 0.717) is 0 Å². The highest BCUT2D eigenvalue weighted by Crippen LogP contribution is 2.21. The van der Waals surface area contributed by atoms with Gasteiger partial charge in [0.15, 0.2) is 0 Å². The second kappa shape index (κ2) is 14.0. The molecule has 2 nitrogen and oxygen atoms in total. The minimum absolute atomic E-state index is 0.838. The third-order valence-electron chi connectivity index (χ3n) is 2.60. The monoisotopic (exact) mass is 213 g/mol. The van der Waals surface area contributed by atoms with E-state index >= 15 is 0 Å². The highest BCUT2D eigenvalue weighted by Gasteiger charge is 2.18. The average Bonchev–Trinajstić information content (AvgIpc) is 2.85. The maximum Gasteiger partial charge on any atom is 0.0606 e. The first kappa shape index (κ1) is 17.4. The van der Waals surface area contributed by atoms with Gasteiger partial charge in [0.25, 0.3) is 0 Å². The van der Waals surface area contributed by atoms with Crippen molar-refractivity contribution in [3.63, 3.8) is 0 Å². The van der Waals surface area contributed by atoms with Crippen LogP contribution in [0.5, 0.6) is 0 Å². The largest absolute Gasteiger partial charge is 0.383 e. The number of likely N-dealkylation sites (N-methyl/N-ethyl adjacent to an activating group) is 1. The van der Waals surface area contributed by atoms with Crippen LogP contribution in [0, 0.1) is 0 Å². The number of rotatable bonds is 4. The van der Waals surface area contributed by atoms with E-state index in [4.69, 9.17) is 4.74 Å². The maximum absolute atomic E-state index is 5.03. The molecule has 0 aromatic rings. The molecule has 0 amide bonds. The summed E-state index contributed by atoms with van der Waals surface area (Å²) in [5.41, 5.74) is 0. The molecule has 0 N–H and O–H groups in total. The molecule has 0 aliphatic heterocycles. The lowest BCUT2D eigenvalue weighted by atomic mass is 10.2. The van der Waals surface area contributed by atoms with Crippen LogP contribution in [0.4, 0.5) is 0 Å². The normalized spacial score (nSPS) is 15.3. The zero-order valence-corrected chi connectivity index (χ0v) is 11.3. The van der Waals surface area contributed by atoms with Crippen molar-refractivity contribution in [2.45, 2.75) is 52.4 Å². The molecule has 0 unspecified atom stereocenters. The third-order valence-corrected chi connectivity index (χ3v) is 2.60. The van der Waals surface area contributed by atoms with Crippen LogP contribution < -0.4 is 0 Å². The minimum atomic E-state index is 0.838. The Balaban J connectivity index is 0. The van der Waals surface area contributed by atoms with Crippen LogP contribution >= 0.6 is 0 Å². The lowest BCUT2D eigenvalue weighted by Crippen LogP contribution is -2.31. The Kier molecular flexibility index (Phi) is 16.2. The molecule has 0 spiro atoms. The molecule has 0 heterocycles. The molecular weight excluding hydrogens is 185 g/mol. The first-order valence-corrected chi connectivity index (χ1v) is 6.11. The summed E-state index contributed by atoms with van der Waals surface area (Å²) < 4.78 is 5.03. The summed E-state index contributed by atoms with van der Waals surface area (Å²) in [4.78, 5) is 2.43. The van der Waals surface area contributed by atoms with Crippen LogP contribution in [0.3, 0.4) is 0 Å². The molecule has 2 radical (unpaired) electrons. The van der Waals surface area contributed by atoms with Crippen molar-refractivity contribution in [2.24, 2.45) is 0 Å². The summed E-state index contributed by atoms with van der Waals surface area (Å²) in [6.45, 7) is 7.45. The number of methoxy groups -OCH3 is 1. The zero-order valence-electron chi connectivity index (χ0n) is 11.3. The Labute approximate surface area is 97.8 Å². The number of nitrogens with zero attached hydrogens (tertiary/aromatic N) is 1. The van der Waals surface area contributed by atoms with E-state index in [1.165, 1.54) is 32.5 Å². The van der Waals surface area contributed by atoms with E-state index in [-0.39, 0.29) is 0 Å². The molecule has 1 aliphatic carbocycles. The van der Waals surface area contributed by atoms with Gasteiger partial charge in [-0.15, -0.1) is 0 Å². The van der Waals surface area contributed by atoms with Crippen LogP contribution in [-0.2, 0) is 4.74 Å². The van der Waals surface area contributed by atoms with Crippen molar-refractivity contribution >= 4 is 7.85 Å². The molecule has 0 aromatic heterocycles. The fourth-order valence-corrected chi connectivity index (χ4v) is 1.76. The molecule has 90 valence electrons.